The second-order valence-electron chi connectivity index (χ2n) is 5.14. The Labute approximate surface area is 125 Å². The Morgan fingerprint density at radius 2 is 2.00 bits per heavy atom. The monoisotopic (exact) mass is 308 g/mol. The van der Waals surface area contributed by atoms with E-state index >= 15 is 0 Å². The number of nitrogens with zero attached hydrogens (tertiary/aromatic N) is 1. The van der Waals surface area contributed by atoms with Gasteiger partial charge < -0.3 is 5.32 Å². The Morgan fingerprint density at radius 3 is 2.71 bits per heavy atom. The van der Waals surface area contributed by atoms with Crippen LogP contribution in [-0.4, -0.2) is 10.9 Å². The van der Waals surface area contributed by atoms with Gasteiger partial charge in [-0.3, -0.25) is 4.79 Å². The van der Waals surface area contributed by atoms with Gasteiger partial charge in [0, 0.05) is 16.9 Å². The molecule has 0 aliphatic heterocycles. The van der Waals surface area contributed by atoms with Gasteiger partial charge >= 0.3 is 0 Å². The lowest BCUT2D eigenvalue weighted by Crippen LogP contribution is -2.20. The first kappa shape index (κ1) is 14.1. The van der Waals surface area contributed by atoms with E-state index in [0.29, 0.717) is 16.4 Å². The first-order valence-electron chi connectivity index (χ1n) is 6.85. The van der Waals surface area contributed by atoms with Crippen LogP contribution in [0.4, 0.5) is 13.9 Å². The molecule has 1 aromatic heterocycles. The first-order chi connectivity index (χ1) is 10.1. The van der Waals surface area contributed by atoms with Gasteiger partial charge in [0.25, 0.3) is 0 Å². The van der Waals surface area contributed by atoms with E-state index in [0.717, 1.165) is 37.8 Å². The van der Waals surface area contributed by atoms with Crippen molar-refractivity contribution < 1.29 is 13.6 Å². The predicted octanol–water partition coefficient (Wildman–Crippen LogP) is 4.22. The molecule has 1 amide bonds. The summed E-state index contributed by atoms with van der Waals surface area (Å²) in [7, 11) is 0. The van der Waals surface area contributed by atoms with E-state index in [-0.39, 0.29) is 11.8 Å². The van der Waals surface area contributed by atoms with E-state index in [1.165, 1.54) is 17.4 Å². The number of carbonyl (C=O) groups is 1. The van der Waals surface area contributed by atoms with Crippen molar-refractivity contribution in [3.05, 3.63) is 35.2 Å². The molecule has 21 heavy (non-hydrogen) atoms. The van der Waals surface area contributed by atoms with Crippen LogP contribution in [0.2, 0.25) is 0 Å². The van der Waals surface area contributed by atoms with Crippen LogP contribution < -0.4 is 5.32 Å². The lowest BCUT2D eigenvalue weighted by atomic mass is 10.1. The SMILES string of the molecule is O=C(Nc1nc(-c2ccc(F)c(F)c2)cs1)C1CCCC1. The van der Waals surface area contributed by atoms with Crippen LogP contribution >= 0.6 is 11.3 Å². The molecule has 1 saturated carbocycles. The van der Waals surface area contributed by atoms with Gasteiger partial charge in [-0.15, -0.1) is 11.3 Å². The minimum Gasteiger partial charge on any atom is -0.302 e. The van der Waals surface area contributed by atoms with Gasteiger partial charge in [0.15, 0.2) is 16.8 Å². The van der Waals surface area contributed by atoms with Gasteiger partial charge in [0.2, 0.25) is 5.91 Å². The van der Waals surface area contributed by atoms with E-state index in [9.17, 15) is 13.6 Å². The van der Waals surface area contributed by atoms with Gasteiger partial charge in [0.05, 0.1) is 5.69 Å². The molecule has 0 bridgehead atoms. The van der Waals surface area contributed by atoms with E-state index in [2.05, 4.69) is 10.3 Å². The fourth-order valence-corrected chi connectivity index (χ4v) is 3.24. The molecule has 6 heteroatoms. The van der Waals surface area contributed by atoms with Crippen LogP contribution in [0, 0.1) is 17.6 Å². The third-order valence-electron chi connectivity index (χ3n) is 3.68. The Balaban J connectivity index is 1.73. The molecule has 2 aromatic rings. The van der Waals surface area contributed by atoms with Crippen molar-refractivity contribution >= 4 is 22.4 Å². The highest BCUT2D eigenvalue weighted by Gasteiger charge is 2.23. The number of carbonyl (C=O) groups excluding carboxylic acids is 1. The Kier molecular flexibility index (Phi) is 3.96. The summed E-state index contributed by atoms with van der Waals surface area (Å²) in [4.78, 5) is 16.3. The van der Waals surface area contributed by atoms with E-state index in [1.54, 1.807) is 5.38 Å². The van der Waals surface area contributed by atoms with Gasteiger partial charge in [-0.25, -0.2) is 13.8 Å². The normalized spacial score (nSPS) is 15.3. The largest absolute Gasteiger partial charge is 0.302 e. The third kappa shape index (κ3) is 3.10. The Hall–Kier alpha value is -1.82. The van der Waals surface area contributed by atoms with E-state index < -0.39 is 11.6 Å². The highest BCUT2D eigenvalue weighted by atomic mass is 32.1. The second-order valence-corrected chi connectivity index (χ2v) is 6.00. The lowest BCUT2D eigenvalue weighted by Gasteiger charge is -2.07. The summed E-state index contributed by atoms with van der Waals surface area (Å²) in [6, 6.07) is 3.64. The maximum Gasteiger partial charge on any atom is 0.229 e. The summed E-state index contributed by atoms with van der Waals surface area (Å²) in [5.41, 5.74) is 1.02. The zero-order valence-corrected chi connectivity index (χ0v) is 12.1. The summed E-state index contributed by atoms with van der Waals surface area (Å²) in [6.07, 6.45) is 4.03. The molecule has 110 valence electrons. The minimum absolute atomic E-state index is 0.00122. The molecule has 1 heterocycles. The fraction of sp³-hybridized carbons (Fsp3) is 0.333. The number of halogens is 2. The minimum atomic E-state index is -0.906. The summed E-state index contributed by atoms with van der Waals surface area (Å²) in [6.45, 7) is 0. The predicted molar refractivity (Wildman–Crippen MR) is 78.1 cm³/mol. The quantitative estimate of drug-likeness (QED) is 0.922. The van der Waals surface area contributed by atoms with Crippen molar-refractivity contribution in [2.45, 2.75) is 25.7 Å². The average molecular weight is 308 g/mol. The smallest absolute Gasteiger partial charge is 0.229 e. The van der Waals surface area contributed by atoms with Crippen molar-refractivity contribution in [1.29, 1.82) is 0 Å². The summed E-state index contributed by atoms with van der Waals surface area (Å²) in [5, 5.41) is 5.01. The van der Waals surface area contributed by atoms with Crippen LogP contribution in [0.3, 0.4) is 0 Å². The topological polar surface area (TPSA) is 42.0 Å². The van der Waals surface area contributed by atoms with Crippen LogP contribution in [0.1, 0.15) is 25.7 Å². The number of rotatable bonds is 3. The molecule has 0 spiro atoms. The number of nitrogens with one attached hydrogen (secondary N) is 1. The Morgan fingerprint density at radius 1 is 1.24 bits per heavy atom. The summed E-state index contributed by atoms with van der Waals surface area (Å²) < 4.78 is 26.1. The average Bonchev–Trinajstić information content (AvgIpc) is 3.12. The molecular weight excluding hydrogens is 294 g/mol. The second kappa shape index (κ2) is 5.89. The zero-order valence-electron chi connectivity index (χ0n) is 11.2. The fourth-order valence-electron chi connectivity index (χ4n) is 2.51. The number of aromatic nitrogens is 1. The van der Waals surface area contributed by atoms with E-state index in [4.69, 9.17) is 0 Å². The van der Waals surface area contributed by atoms with Crippen LogP contribution in [0.25, 0.3) is 11.3 Å². The molecule has 1 fully saturated rings. The van der Waals surface area contributed by atoms with Gasteiger partial charge in [-0.05, 0) is 31.0 Å². The van der Waals surface area contributed by atoms with Crippen LogP contribution in [0.5, 0.6) is 0 Å². The van der Waals surface area contributed by atoms with E-state index in [1.807, 2.05) is 0 Å². The molecule has 3 rings (SSSR count). The van der Waals surface area contributed by atoms with Gasteiger partial charge in [-0.1, -0.05) is 12.8 Å². The molecule has 0 saturated heterocycles. The van der Waals surface area contributed by atoms with Gasteiger partial charge in [0.1, 0.15) is 0 Å². The maximum atomic E-state index is 13.2. The summed E-state index contributed by atoms with van der Waals surface area (Å²) >= 11 is 1.28. The maximum absolute atomic E-state index is 13.2. The molecule has 0 atom stereocenters. The molecule has 0 unspecified atom stereocenters. The molecular formula is C15H14F2N2OS. The Bertz CT molecular complexity index is 665. The summed E-state index contributed by atoms with van der Waals surface area (Å²) in [5.74, 6) is -1.72. The molecule has 1 aliphatic rings. The lowest BCUT2D eigenvalue weighted by molar-refractivity contribution is -0.119. The molecule has 1 aliphatic carbocycles. The van der Waals surface area contributed by atoms with Crippen molar-refractivity contribution in [2.75, 3.05) is 5.32 Å². The number of thiazole rings is 1. The van der Waals surface area contributed by atoms with Crippen molar-refractivity contribution in [3.63, 3.8) is 0 Å². The highest BCUT2D eigenvalue weighted by molar-refractivity contribution is 7.14. The standard InChI is InChI=1S/C15H14F2N2OS/c16-11-6-5-10(7-12(11)17)13-8-21-15(18-13)19-14(20)9-3-1-2-4-9/h5-9H,1-4H2,(H,18,19,20). The van der Waals surface area contributed by atoms with Crippen molar-refractivity contribution in [2.24, 2.45) is 5.92 Å². The number of amides is 1. The zero-order chi connectivity index (χ0) is 14.8. The van der Waals surface area contributed by atoms with Crippen molar-refractivity contribution in [1.82, 2.24) is 4.98 Å². The number of anilines is 1. The highest BCUT2D eigenvalue weighted by Crippen LogP contribution is 2.29. The third-order valence-corrected chi connectivity index (χ3v) is 4.43. The van der Waals surface area contributed by atoms with Crippen LogP contribution in [-0.2, 0) is 4.79 Å². The van der Waals surface area contributed by atoms with Gasteiger partial charge in [-0.2, -0.15) is 0 Å². The first-order valence-corrected chi connectivity index (χ1v) is 7.73. The molecule has 0 radical (unpaired) electrons. The number of benzene rings is 1. The molecule has 3 nitrogen and oxygen atoms in total. The number of hydrogen-bond donors (Lipinski definition) is 1. The molecule has 1 aromatic carbocycles. The van der Waals surface area contributed by atoms with Crippen LogP contribution in [0.15, 0.2) is 23.6 Å². The van der Waals surface area contributed by atoms with Crippen molar-refractivity contribution in [3.8, 4) is 11.3 Å². The number of hydrogen-bond acceptors (Lipinski definition) is 3. The molecule has 1 N–H and O–H groups in total.